The molecule has 4 amide bonds. The third-order valence-electron chi connectivity index (χ3n) is 7.05. The predicted octanol–water partition coefficient (Wildman–Crippen LogP) is 1.38. The first-order valence-electron chi connectivity index (χ1n) is 12.1. The summed E-state index contributed by atoms with van der Waals surface area (Å²) in [4.78, 5) is 52.1. The number of aliphatic hydroxyl groups excluding tert-OH is 2. The fourth-order valence-electron chi connectivity index (χ4n) is 4.88. The van der Waals surface area contributed by atoms with Crippen LogP contribution in [-0.2, 0) is 21.7 Å². The van der Waals surface area contributed by atoms with E-state index in [1.54, 1.807) is 38.5 Å². The summed E-state index contributed by atoms with van der Waals surface area (Å²) in [6, 6.07) is 11.6. The highest BCUT2D eigenvalue weighted by Gasteiger charge is 2.38. The van der Waals surface area contributed by atoms with Crippen molar-refractivity contribution in [3.63, 3.8) is 0 Å². The van der Waals surface area contributed by atoms with Crippen molar-refractivity contribution in [1.82, 2.24) is 9.80 Å². The van der Waals surface area contributed by atoms with Gasteiger partial charge in [-0.15, -0.1) is 0 Å². The lowest BCUT2D eigenvalue weighted by molar-refractivity contribution is 0.0610. The maximum atomic E-state index is 12.6. The summed E-state index contributed by atoms with van der Waals surface area (Å²) in [5.74, 6) is -1.60. The molecule has 10 nitrogen and oxygen atoms in total. The molecule has 0 atom stereocenters. The zero-order valence-corrected chi connectivity index (χ0v) is 21.9. The number of benzene rings is 2. The molecule has 2 heterocycles. The van der Waals surface area contributed by atoms with Crippen molar-refractivity contribution >= 4 is 32.2 Å². The highest BCUT2D eigenvalue weighted by atomic mass is 28.4. The first-order chi connectivity index (χ1) is 17.8. The van der Waals surface area contributed by atoms with Crippen molar-refractivity contribution in [3.05, 3.63) is 69.8 Å². The van der Waals surface area contributed by atoms with Crippen molar-refractivity contribution in [2.45, 2.75) is 24.9 Å². The van der Waals surface area contributed by atoms with E-state index >= 15 is 0 Å². The summed E-state index contributed by atoms with van der Waals surface area (Å²) in [5, 5.41) is 18.3. The molecule has 0 bridgehead atoms. The molecule has 4 rings (SSSR count). The van der Waals surface area contributed by atoms with Crippen molar-refractivity contribution in [3.8, 4) is 0 Å². The molecule has 2 aliphatic heterocycles. The molecule has 0 aromatic heterocycles. The van der Waals surface area contributed by atoms with Crippen LogP contribution in [0.2, 0.25) is 12.1 Å². The van der Waals surface area contributed by atoms with Crippen molar-refractivity contribution < 1.29 is 38.2 Å². The van der Waals surface area contributed by atoms with E-state index < -0.39 is 32.2 Å². The predicted molar refractivity (Wildman–Crippen MR) is 135 cm³/mol. The second-order valence-electron chi connectivity index (χ2n) is 9.05. The fraction of sp³-hybridized carbons (Fsp3) is 0.385. The molecule has 2 aromatic carbocycles. The minimum Gasteiger partial charge on any atom is -0.398 e. The van der Waals surface area contributed by atoms with Crippen LogP contribution in [0.3, 0.4) is 0 Å². The summed E-state index contributed by atoms with van der Waals surface area (Å²) in [6.07, 6.45) is 1.16. The van der Waals surface area contributed by atoms with E-state index in [-0.39, 0.29) is 26.3 Å². The lowest BCUT2D eigenvalue weighted by atomic mass is 10.0. The number of hydrogen-bond donors (Lipinski definition) is 2. The maximum Gasteiger partial charge on any atom is 0.338 e. The first kappa shape index (κ1) is 26.8. The van der Waals surface area contributed by atoms with E-state index in [0.717, 1.165) is 20.9 Å². The maximum absolute atomic E-state index is 12.6. The van der Waals surface area contributed by atoms with Crippen LogP contribution in [0, 0.1) is 0 Å². The zero-order chi connectivity index (χ0) is 26.7. The number of β-amino-alcohol motifs (C(OH)–C–C–N with tert-alkyl or cyclic N) is 2. The Kier molecular flexibility index (Phi) is 8.00. The average molecular weight is 527 g/mol. The quantitative estimate of drug-likeness (QED) is 0.313. The number of imide groups is 2. The second kappa shape index (κ2) is 11.0. The molecule has 0 unspecified atom stereocenters. The second-order valence-corrected chi connectivity index (χ2v) is 12.7. The molecule has 11 heteroatoms. The zero-order valence-electron chi connectivity index (χ0n) is 20.9. The monoisotopic (exact) mass is 526 g/mol. The highest BCUT2D eigenvalue weighted by molar-refractivity contribution is 6.67. The number of nitrogens with zero attached hydrogens (tertiary/aromatic N) is 2. The molecule has 0 saturated carbocycles. The molecule has 2 aromatic rings. The Balaban J connectivity index is 1.44. The lowest BCUT2D eigenvalue weighted by Crippen LogP contribution is -2.40. The molecule has 0 fully saturated rings. The molecule has 0 aliphatic carbocycles. The number of carbonyl (C=O) groups is 4. The van der Waals surface area contributed by atoms with E-state index in [0.29, 0.717) is 47.2 Å². The standard InChI is InChI=1S/C26H30N2O8Si/c1-35-37(36-2,13-7-17-3-5-19-21(15-17)25(33)27(9-11-29)23(19)31)14-8-18-4-6-20-22(16-18)26(34)28(10-12-30)24(20)32/h3-6,15-16,29-30H,7-14H2,1-2H3. The average Bonchev–Trinajstić information content (AvgIpc) is 3.29. The Bertz CT molecular complexity index is 1150. The normalized spacial score (nSPS) is 15.1. The Labute approximate surface area is 215 Å². The summed E-state index contributed by atoms with van der Waals surface area (Å²) in [5.41, 5.74) is 3.11. The van der Waals surface area contributed by atoms with Crippen LogP contribution in [-0.4, -0.2) is 92.7 Å². The summed E-state index contributed by atoms with van der Waals surface area (Å²) in [6.45, 7) is -0.645. The molecular formula is C26H30N2O8Si. The van der Waals surface area contributed by atoms with Gasteiger partial charge < -0.3 is 19.1 Å². The van der Waals surface area contributed by atoms with E-state index in [1.165, 1.54) is 0 Å². The SMILES string of the molecule is CO[Si](CCc1ccc2c(c1)C(=O)N(CCO)C2=O)(CCc1ccc2c(c1)C(=O)N(CCO)C2=O)OC. The van der Waals surface area contributed by atoms with Crippen LogP contribution >= 0.6 is 0 Å². The van der Waals surface area contributed by atoms with Gasteiger partial charge in [-0.3, -0.25) is 29.0 Å². The molecule has 196 valence electrons. The number of carbonyl (C=O) groups excluding carboxylic acids is 4. The van der Waals surface area contributed by atoms with E-state index in [9.17, 15) is 19.2 Å². The molecule has 37 heavy (non-hydrogen) atoms. The van der Waals surface area contributed by atoms with Crippen LogP contribution in [0.5, 0.6) is 0 Å². The van der Waals surface area contributed by atoms with Gasteiger partial charge in [-0.1, -0.05) is 12.1 Å². The van der Waals surface area contributed by atoms with Gasteiger partial charge in [-0.05, 0) is 60.3 Å². The number of amides is 4. The third kappa shape index (κ3) is 5.00. The number of aryl methyl sites for hydroxylation is 2. The fourth-order valence-corrected chi connectivity index (χ4v) is 7.45. The minimum atomic E-state index is -2.66. The highest BCUT2D eigenvalue weighted by Crippen LogP contribution is 2.29. The van der Waals surface area contributed by atoms with Gasteiger partial charge in [-0.25, -0.2) is 0 Å². The van der Waals surface area contributed by atoms with Gasteiger partial charge in [0, 0.05) is 14.2 Å². The first-order valence-corrected chi connectivity index (χ1v) is 14.3. The van der Waals surface area contributed by atoms with E-state index in [2.05, 4.69) is 0 Å². The molecule has 0 saturated heterocycles. The Morgan fingerprint density at radius 1 is 0.649 bits per heavy atom. The van der Waals surface area contributed by atoms with Gasteiger partial charge in [0.05, 0.1) is 48.6 Å². The van der Waals surface area contributed by atoms with Crippen molar-refractivity contribution in [2.75, 3.05) is 40.5 Å². The summed E-state index contributed by atoms with van der Waals surface area (Å²) in [7, 11) is 0.568. The number of fused-ring (bicyclic) bond motifs is 2. The van der Waals surface area contributed by atoms with Crippen LogP contribution in [0.25, 0.3) is 0 Å². The Hall–Kier alpha value is -3.22. The van der Waals surface area contributed by atoms with Crippen LogP contribution in [0.4, 0.5) is 0 Å². The molecular weight excluding hydrogens is 496 g/mol. The lowest BCUT2D eigenvalue weighted by Gasteiger charge is -2.27. The summed E-state index contributed by atoms with van der Waals surface area (Å²) < 4.78 is 11.8. The van der Waals surface area contributed by atoms with Gasteiger partial charge in [0.25, 0.3) is 23.6 Å². The van der Waals surface area contributed by atoms with E-state index in [4.69, 9.17) is 19.1 Å². The van der Waals surface area contributed by atoms with Crippen LogP contribution < -0.4 is 0 Å². The number of hydrogen-bond acceptors (Lipinski definition) is 8. The van der Waals surface area contributed by atoms with Gasteiger partial charge >= 0.3 is 8.56 Å². The Morgan fingerprint density at radius 2 is 1.03 bits per heavy atom. The molecule has 0 radical (unpaired) electrons. The number of rotatable bonds is 12. The topological polar surface area (TPSA) is 134 Å². The van der Waals surface area contributed by atoms with Crippen molar-refractivity contribution in [2.24, 2.45) is 0 Å². The Morgan fingerprint density at radius 3 is 1.38 bits per heavy atom. The van der Waals surface area contributed by atoms with Gasteiger partial charge in [-0.2, -0.15) is 0 Å². The molecule has 0 spiro atoms. The van der Waals surface area contributed by atoms with Gasteiger partial charge in [0.1, 0.15) is 0 Å². The van der Waals surface area contributed by atoms with Crippen LogP contribution in [0.1, 0.15) is 52.6 Å². The van der Waals surface area contributed by atoms with Gasteiger partial charge in [0.2, 0.25) is 0 Å². The molecule has 2 aliphatic rings. The largest absolute Gasteiger partial charge is 0.398 e. The number of aliphatic hydroxyl groups is 2. The third-order valence-corrected chi connectivity index (χ3v) is 10.6. The van der Waals surface area contributed by atoms with Gasteiger partial charge in [0.15, 0.2) is 0 Å². The van der Waals surface area contributed by atoms with E-state index in [1.807, 2.05) is 12.1 Å². The smallest absolute Gasteiger partial charge is 0.338 e. The van der Waals surface area contributed by atoms with Crippen molar-refractivity contribution in [1.29, 1.82) is 0 Å². The molecule has 2 N–H and O–H groups in total. The summed E-state index contributed by atoms with van der Waals surface area (Å²) >= 11 is 0. The minimum absolute atomic E-state index is 0.0348. The van der Waals surface area contributed by atoms with Crippen LogP contribution in [0.15, 0.2) is 36.4 Å².